The van der Waals surface area contributed by atoms with Crippen LogP contribution in [0.5, 0.6) is 0 Å². The minimum atomic E-state index is -0.202. The molecule has 0 atom stereocenters. The lowest BCUT2D eigenvalue weighted by Crippen LogP contribution is -2.27. The minimum Gasteiger partial charge on any atom is -0.336 e. The summed E-state index contributed by atoms with van der Waals surface area (Å²) in [5.41, 5.74) is 7.02. The third kappa shape index (κ3) is 4.38. The largest absolute Gasteiger partial charge is 0.336 e. The number of aromatic nitrogens is 1. The quantitative estimate of drug-likeness (QED) is 0.600. The Kier molecular flexibility index (Phi) is 5.62. The van der Waals surface area contributed by atoms with Gasteiger partial charge in [0.25, 0.3) is 0 Å². The second-order valence-corrected chi connectivity index (χ2v) is 7.75. The third-order valence-corrected chi connectivity index (χ3v) is 5.48. The Morgan fingerprint density at radius 3 is 2.32 bits per heavy atom. The van der Waals surface area contributed by atoms with Crippen LogP contribution < -0.4 is 15.5 Å². The van der Waals surface area contributed by atoms with Crippen LogP contribution in [0.1, 0.15) is 22.5 Å². The molecule has 4 rings (SSSR count). The molecule has 1 aliphatic heterocycles. The summed E-state index contributed by atoms with van der Waals surface area (Å²) < 4.78 is 2.18. The highest BCUT2D eigenvalue weighted by atomic mass is 16.2. The van der Waals surface area contributed by atoms with Gasteiger partial charge in [-0.05, 0) is 74.9 Å². The zero-order valence-electron chi connectivity index (χ0n) is 18.0. The summed E-state index contributed by atoms with van der Waals surface area (Å²) in [6, 6.07) is 17.6. The van der Waals surface area contributed by atoms with Gasteiger partial charge in [0.05, 0.1) is 0 Å². The van der Waals surface area contributed by atoms with Gasteiger partial charge >= 0.3 is 6.03 Å². The average molecular weight is 415 g/mol. The number of amides is 3. The smallest absolute Gasteiger partial charge is 0.321 e. The Morgan fingerprint density at radius 2 is 1.68 bits per heavy atom. The monoisotopic (exact) mass is 414 g/mol. The summed E-state index contributed by atoms with van der Waals surface area (Å²) in [4.78, 5) is 25.8. The number of benzene rings is 2. The summed E-state index contributed by atoms with van der Waals surface area (Å²) in [7, 11) is 0. The lowest BCUT2D eigenvalue weighted by atomic mass is 10.2. The van der Waals surface area contributed by atoms with Crippen molar-refractivity contribution in [3.05, 3.63) is 83.2 Å². The molecule has 2 heterocycles. The summed E-state index contributed by atoms with van der Waals surface area (Å²) in [5.74, 6) is -0.202. The van der Waals surface area contributed by atoms with Gasteiger partial charge in [0.15, 0.2) is 0 Å². The van der Waals surface area contributed by atoms with Crippen molar-refractivity contribution in [3.8, 4) is 5.69 Å². The van der Waals surface area contributed by atoms with Crippen molar-refractivity contribution in [3.63, 3.8) is 0 Å². The van der Waals surface area contributed by atoms with Crippen LogP contribution in [0.4, 0.5) is 16.2 Å². The number of nitrogens with one attached hydrogen (secondary N) is 2. The van der Waals surface area contributed by atoms with E-state index in [1.165, 1.54) is 5.56 Å². The Hall–Kier alpha value is -3.80. The van der Waals surface area contributed by atoms with E-state index >= 15 is 0 Å². The van der Waals surface area contributed by atoms with E-state index in [9.17, 15) is 9.59 Å². The van der Waals surface area contributed by atoms with Crippen molar-refractivity contribution in [2.75, 3.05) is 23.3 Å². The average Bonchev–Trinajstić information content (AvgIpc) is 3.30. The molecule has 3 amide bonds. The number of anilines is 2. The molecule has 31 heavy (non-hydrogen) atoms. The molecule has 0 radical (unpaired) electrons. The molecule has 6 nitrogen and oxygen atoms in total. The van der Waals surface area contributed by atoms with Crippen molar-refractivity contribution in [1.82, 2.24) is 9.88 Å². The molecule has 6 heteroatoms. The zero-order chi connectivity index (χ0) is 22.0. The molecule has 0 aliphatic carbocycles. The summed E-state index contributed by atoms with van der Waals surface area (Å²) in [6.45, 7) is 7.48. The van der Waals surface area contributed by atoms with Gasteiger partial charge in [-0.1, -0.05) is 17.7 Å². The maximum Gasteiger partial charge on any atom is 0.321 e. The van der Waals surface area contributed by atoms with Crippen LogP contribution in [0.2, 0.25) is 0 Å². The standard InChI is InChI=1S/C25H26N4O2/c1-17-4-9-23(10-5-17)29-18(2)16-20(19(29)3)6-13-24(30)27-21-7-11-22(12-8-21)28-15-14-26-25(28)31/h4-13,16H,14-15H2,1-3H3,(H,26,31)(H,27,30)/b13-6+. The van der Waals surface area contributed by atoms with Crippen molar-refractivity contribution < 1.29 is 9.59 Å². The number of aryl methyl sites for hydroxylation is 2. The van der Waals surface area contributed by atoms with Crippen LogP contribution in [-0.2, 0) is 4.79 Å². The predicted octanol–water partition coefficient (Wildman–Crippen LogP) is 4.58. The van der Waals surface area contributed by atoms with Crippen LogP contribution in [0.25, 0.3) is 11.8 Å². The first kappa shape index (κ1) is 20.5. The fourth-order valence-electron chi connectivity index (χ4n) is 3.84. The van der Waals surface area contributed by atoms with Crippen molar-refractivity contribution in [2.45, 2.75) is 20.8 Å². The first-order chi connectivity index (χ1) is 14.9. The van der Waals surface area contributed by atoms with E-state index < -0.39 is 0 Å². The van der Waals surface area contributed by atoms with E-state index in [2.05, 4.69) is 66.3 Å². The minimum absolute atomic E-state index is 0.0945. The normalized spacial score (nSPS) is 13.6. The Morgan fingerprint density at radius 1 is 1.00 bits per heavy atom. The van der Waals surface area contributed by atoms with E-state index in [-0.39, 0.29) is 11.9 Å². The molecule has 0 unspecified atom stereocenters. The summed E-state index contributed by atoms with van der Waals surface area (Å²) >= 11 is 0. The first-order valence-corrected chi connectivity index (χ1v) is 10.3. The highest BCUT2D eigenvalue weighted by molar-refractivity contribution is 6.02. The topological polar surface area (TPSA) is 66.4 Å². The molecular formula is C25H26N4O2. The van der Waals surface area contributed by atoms with Gasteiger partial charge in [-0.2, -0.15) is 0 Å². The van der Waals surface area contributed by atoms with E-state index in [0.717, 1.165) is 28.3 Å². The summed E-state index contributed by atoms with van der Waals surface area (Å²) in [5, 5.41) is 5.64. The zero-order valence-corrected chi connectivity index (χ0v) is 18.0. The van der Waals surface area contributed by atoms with Crippen LogP contribution in [0, 0.1) is 20.8 Å². The Labute approximate surface area is 182 Å². The highest BCUT2D eigenvalue weighted by Crippen LogP contribution is 2.23. The van der Waals surface area contributed by atoms with Crippen LogP contribution in [-0.4, -0.2) is 29.6 Å². The molecule has 0 saturated carbocycles. The molecule has 3 aromatic rings. The number of carbonyl (C=O) groups is 2. The number of nitrogens with zero attached hydrogens (tertiary/aromatic N) is 2. The molecular weight excluding hydrogens is 388 g/mol. The molecule has 2 aromatic carbocycles. The van der Waals surface area contributed by atoms with Crippen LogP contribution >= 0.6 is 0 Å². The first-order valence-electron chi connectivity index (χ1n) is 10.3. The number of hydrogen-bond donors (Lipinski definition) is 2. The molecule has 0 spiro atoms. The lowest BCUT2D eigenvalue weighted by molar-refractivity contribution is -0.111. The van der Waals surface area contributed by atoms with Gasteiger partial charge in [0, 0.05) is 47.6 Å². The molecule has 1 aromatic heterocycles. The second-order valence-electron chi connectivity index (χ2n) is 7.75. The van der Waals surface area contributed by atoms with Gasteiger partial charge in [-0.3, -0.25) is 9.69 Å². The van der Waals surface area contributed by atoms with E-state index in [4.69, 9.17) is 0 Å². The highest BCUT2D eigenvalue weighted by Gasteiger charge is 2.20. The van der Waals surface area contributed by atoms with E-state index in [1.807, 2.05) is 18.2 Å². The van der Waals surface area contributed by atoms with E-state index in [1.54, 1.807) is 23.1 Å². The van der Waals surface area contributed by atoms with Gasteiger partial charge < -0.3 is 15.2 Å². The number of hydrogen-bond acceptors (Lipinski definition) is 2. The maximum absolute atomic E-state index is 12.4. The third-order valence-electron chi connectivity index (χ3n) is 5.48. The fraction of sp³-hybridized carbons (Fsp3) is 0.200. The van der Waals surface area contributed by atoms with E-state index in [0.29, 0.717) is 18.8 Å². The van der Waals surface area contributed by atoms with Gasteiger partial charge in [0.2, 0.25) is 5.91 Å². The van der Waals surface area contributed by atoms with Gasteiger partial charge in [-0.25, -0.2) is 4.79 Å². The van der Waals surface area contributed by atoms with Crippen molar-refractivity contribution in [1.29, 1.82) is 0 Å². The summed E-state index contributed by atoms with van der Waals surface area (Å²) in [6.07, 6.45) is 3.38. The number of urea groups is 1. The number of carbonyl (C=O) groups excluding carboxylic acids is 2. The number of rotatable bonds is 5. The fourth-order valence-corrected chi connectivity index (χ4v) is 3.84. The van der Waals surface area contributed by atoms with Crippen LogP contribution in [0.3, 0.4) is 0 Å². The molecule has 2 N–H and O–H groups in total. The second kappa shape index (κ2) is 8.52. The molecule has 1 aliphatic rings. The molecule has 1 fully saturated rings. The predicted molar refractivity (Wildman–Crippen MR) is 125 cm³/mol. The maximum atomic E-state index is 12.4. The Bertz CT molecular complexity index is 1140. The van der Waals surface area contributed by atoms with Crippen molar-refractivity contribution in [2.24, 2.45) is 0 Å². The van der Waals surface area contributed by atoms with Crippen molar-refractivity contribution >= 4 is 29.4 Å². The molecule has 0 bridgehead atoms. The van der Waals surface area contributed by atoms with Gasteiger partial charge in [-0.15, -0.1) is 0 Å². The van der Waals surface area contributed by atoms with Crippen LogP contribution in [0.15, 0.2) is 60.7 Å². The molecule has 1 saturated heterocycles. The van der Waals surface area contributed by atoms with Gasteiger partial charge in [0.1, 0.15) is 0 Å². The molecule has 158 valence electrons. The Balaban J connectivity index is 1.44. The lowest BCUT2D eigenvalue weighted by Gasteiger charge is -2.14. The SMILES string of the molecule is Cc1ccc(-n2c(C)cc(/C=C/C(=O)Nc3ccc(N4CCNC4=O)cc3)c2C)cc1.